The average molecular weight is 465 g/mol. The van der Waals surface area contributed by atoms with Crippen molar-refractivity contribution in [2.45, 2.75) is 6.92 Å². The summed E-state index contributed by atoms with van der Waals surface area (Å²) >= 11 is 1.37. The average Bonchev–Trinajstić information content (AvgIpc) is 3.24. The summed E-state index contributed by atoms with van der Waals surface area (Å²) in [6.07, 6.45) is 0. The molecule has 33 heavy (non-hydrogen) atoms. The summed E-state index contributed by atoms with van der Waals surface area (Å²) < 4.78 is 14.7. The third kappa shape index (κ3) is 4.29. The molecule has 8 nitrogen and oxygen atoms in total. The van der Waals surface area contributed by atoms with Crippen LogP contribution in [0, 0.1) is 12.7 Å². The van der Waals surface area contributed by atoms with Gasteiger partial charge in [-0.15, -0.1) is 0 Å². The number of urea groups is 1. The molecule has 0 unspecified atom stereocenters. The van der Waals surface area contributed by atoms with E-state index in [-0.39, 0.29) is 11.6 Å². The van der Waals surface area contributed by atoms with Gasteiger partial charge in [-0.3, -0.25) is 4.79 Å². The maximum atomic E-state index is 13.4. The number of piperazine rings is 1. The molecular weight excluding hydrogens is 443 g/mol. The normalized spacial score (nSPS) is 14.0. The first-order chi connectivity index (χ1) is 16.0. The predicted octanol–water partition coefficient (Wildman–Crippen LogP) is 3.62. The molecule has 0 atom stereocenters. The molecule has 0 saturated carbocycles. The summed E-state index contributed by atoms with van der Waals surface area (Å²) in [5.74, 6) is 0.171. The van der Waals surface area contributed by atoms with Gasteiger partial charge in [-0.25, -0.2) is 14.2 Å². The number of hydrogen-bond donors (Lipinski definition) is 1. The number of nitrogens with zero attached hydrogens (tertiary/aromatic N) is 5. The summed E-state index contributed by atoms with van der Waals surface area (Å²) in [5, 5.41) is 7.92. The summed E-state index contributed by atoms with van der Waals surface area (Å²) in [7, 11) is 0. The number of anilines is 2. The molecule has 1 N–H and O–H groups in total. The molecule has 2 aromatic carbocycles. The van der Waals surface area contributed by atoms with Crippen molar-refractivity contribution in [1.82, 2.24) is 19.5 Å². The topological polar surface area (TPSA) is 82.8 Å². The summed E-state index contributed by atoms with van der Waals surface area (Å²) in [6.45, 7) is 3.98. The maximum absolute atomic E-state index is 13.4. The molecule has 4 aromatic rings. The van der Waals surface area contributed by atoms with E-state index < -0.39 is 5.82 Å². The Balaban J connectivity index is 1.31. The van der Waals surface area contributed by atoms with E-state index in [0.29, 0.717) is 42.6 Å². The van der Waals surface area contributed by atoms with E-state index in [2.05, 4.69) is 15.4 Å². The van der Waals surface area contributed by atoms with Crippen LogP contribution in [0.5, 0.6) is 0 Å². The predicted molar refractivity (Wildman–Crippen MR) is 127 cm³/mol. The molecule has 0 spiro atoms. The fourth-order valence-electron chi connectivity index (χ4n) is 3.79. The number of amides is 2. The summed E-state index contributed by atoms with van der Waals surface area (Å²) in [4.78, 5) is 34.1. The lowest BCUT2D eigenvalue weighted by Crippen LogP contribution is -2.50. The number of halogens is 1. The summed E-state index contributed by atoms with van der Waals surface area (Å²) in [6, 6.07) is 14.9. The number of rotatable bonds is 3. The smallest absolute Gasteiger partial charge is 0.321 e. The van der Waals surface area contributed by atoms with Gasteiger partial charge in [0.05, 0.1) is 0 Å². The van der Waals surface area contributed by atoms with Crippen LogP contribution in [0.15, 0.2) is 59.4 Å². The third-order valence-electron chi connectivity index (χ3n) is 5.57. The van der Waals surface area contributed by atoms with Crippen molar-refractivity contribution in [2.24, 2.45) is 0 Å². The minimum atomic E-state index is -0.404. The molecule has 168 valence electrons. The Morgan fingerprint density at radius 2 is 1.85 bits per heavy atom. The minimum absolute atomic E-state index is 0.239. The van der Waals surface area contributed by atoms with Gasteiger partial charge in [0.25, 0.3) is 5.56 Å². The van der Waals surface area contributed by atoms with Crippen LogP contribution in [0.1, 0.15) is 5.56 Å². The second kappa shape index (κ2) is 8.62. The Morgan fingerprint density at radius 3 is 2.61 bits per heavy atom. The van der Waals surface area contributed by atoms with Gasteiger partial charge in [-0.05, 0) is 30.7 Å². The molecule has 3 heterocycles. The minimum Gasteiger partial charge on any atom is -0.353 e. The van der Waals surface area contributed by atoms with Crippen LogP contribution in [0.3, 0.4) is 0 Å². The highest BCUT2D eigenvalue weighted by Crippen LogP contribution is 2.27. The Morgan fingerprint density at radius 1 is 1.06 bits per heavy atom. The number of hydrogen-bond acceptors (Lipinski definition) is 6. The number of fused-ring (bicyclic) bond motifs is 1. The lowest BCUT2D eigenvalue weighted by molar-refractivity contribution is 0.208. The molecular formula is C23H21FN6O2S. The van der Waals surface area contributed by atoms with Crippen LogP contribution in [0.2, 0.25) is 0 Å². The molecule has 1 saturated heterocycles. The van der Waals surface area contributed by atoms with Gasteiger partial charge in [-0.1, -0.05) is 41.7 Å². The van der Waals surface area contributed by atoms with E-state index >= 15 is 0 Å². The number of aryl methyl sites for hydroxylation is 1. The first-order valence-electron chi connectivity index (χ1n) is 10.5. The highest BCUT2D eigenvalue weighted by Gasteiger charge is 2.23. The molecule has 0 bridgehead atoms. The van der Waals surface area contributed by atoms with Gasteiger partial charge in [0.1, 0.15) is 16.6 Å². The first kappa shape index (κ1) is 21.1. The standard InChI is InChI=1S/C23H21FN6O2S/c1-15-5-2-3-8-18(15)21-27-30-20(31)14-19(26-23(30)33-21)28-9-11-29(12-10-28)22(32)25-17-7-4-6-16(24)13-17/h2-8,13-14H,9-12H2,1H3,(H,25,32). The van der Waals surface area contributed by atoms with Gasteiger partial charge in [0.2, 0.25) is 4.96 Å². The van der Waals surface area contributed by atoms with Gasteiger partial charge < -0.3 is 15.1 Å². The van der Waals surface area contributed by atoms with E-state index in [0.717, 1.165) is 16.1 Å². The van der Waals surface area contributed by atoms with E-state index in [1.807, 2.05) is 36.1 Å². The Hall–Kier alpha value is -3.79. The lowest BCUT2D eigenvalue weighted by Gasteiger charge is -2.35. The largest absolute Gasteiger partial charge is 0.353 e. The molecule has 0 aliphatic carbocycles. The van der Waals surface area contributed by atoms with E-state index in [9.17, 15) is 14.0 Å². The Kier molecular flexibility index (Phi) is 5.51. The fourth-order valence-corrected chi connectivity index (χ4v) is 4.78. The van der Waals surface area contributed by atoms with Crippen LogP contribution in [0.4, 0.5) is 20.7 Å². The second-order valence-corrected chi connectivity index (χ2v) is 8.74. The summed E-state index contributed by atoms with van der Waals surface area (Å²) in [5.41, 5.74) is 2.24. The fraction of sp³-hybridized carbons (Fsp3) is 0.217. The van der Waals surface area contributed by atoms with E-state index in [1.54, 1.807) is 17.0 Å². The van der Waals surface area contributed by atoms with E-state index in [1.165, 1.54) is 34.1 Å². The van der Waals surface area contributed by atoms with Crippen LogP contribution < -0.4 is 15.8 Å². The Bertz CT molecular complexity index is 1390. The van der Waals surface area contributed by atoms with Crippen molar-refractivity contribution in [3.63, 3.8) is 0 Å². The first-order valence-corrected chi connectivity index (χ1v) is 11.3. The maximum Gasteiger partial charge on any atom is 0.321 e. The quantitative estimate of drug-likeness (QED) is 0.501. The Labute approximate surface area is 192 Å². The molecule has 1 aliphatic rings. The molecule has 1 fully saturated rings. The molecule has 10 heteroatoms. The van der Waals surface area contributed by atoms with Gasteiger partial charge in [0, 0.05) is 43.5 Å². The molecule has 2 amide bonds. The van der Waals surface area contributed by atoms with Crippen molar-refractivity contribution in [1.29, 1.82) is 0 Å². The van der Waals surface area contributed by atoms with E-state index in [4.69, 9.17) is 0 Å². The number of nitrogens with one attached hydrogen (secondary N) is 1. The second-order valence-electron chi connectivity index (χ2n) is 7.78. The lowest BCUT2D eigenvalue weighted by atomic mass is 10.1. The zero-order chi connectivity index (χ0) is 22.9. The van der Waals surface area contributed by atoms with Crippen molar-refractivity contribution in [2.75, 3.05) is 36.4 Å². The highest BCUT2D eigenvalue weighted by molar-refractivity contribution is 7.19. The number of benzene rings is 2. The molecule has 5 rings (SSSR count). The van der Waals surface area contributed by atoms with Crippen molar-refractivity contribution >= 4 is 33.8 Å². The molecule has 1 aliphatic heterocycles. The van der Waals surface area contributed by atoms with Crippen molar-refractivity contribution < 1.29 is 9.18 Å². The van der Waals surface area contributed by atoms with Crippen LogP contribution in [0.25, 0.3) is 15.5 Å². The van der Waals surface area contributed by atoms with Crippen LogP contribution >= 0.6 is 11.3 Å². The van der Waals surface area contributed by atoms with Crippen LogP contribution in [-0.4, -0.2) is 51.7 Å². The zero-order valence-corrected chi connectivity index (χ0v) is 18.7. The third-order valence-corrected chi connectivity index (χ3v) is 6.52. The highest BCUT2D eigenvalue weighted by atomic mass is 32.1. The number of aromatic nitrogens is 3. The monoisotopic (exact) mass is 464 g/mol. The SMILES string of the molecule is Cc1ccccc1-c1nn2c(=O)cc(N3CCN(C(=O)Nc4cccc(F)c4)CC3)nc2s1. The molecule has 2 aromatic heterocycles. The van der Waals surface area contributed by atoms with Crippen LogP contribution in [-0.2, 0) is 0 Å². The van der Waals surface area contributed by atoms with Gasteiger partial charge in [-0.2, -0.15) is 9.61 Å². The van der Waals surface area contributed by atoms with Crippen molar-refractivity contribution in [3.8, 4) is 10.6 Å². The van der Waals surface area contributed by atoms with Gasteiger partial charge >= 0.3 is 6.03 Å². The number of carbonyl (C=O) groups is 1. The zero-order valence-electron chi connectivity index (χ0n) is 17.9. The number of carbonyl (C=O) groups excluding carboxylic acids is 1. The molecule has 0 radical (unpaired) electrons. The van der Waals surface area contributed by atoms with Crippen molar-refractivity contribution in [3.05, 3.63) is 76.3 Å². The van der Waals surface area contributed by atoms with Gasteiger partial charge in [0.15, 0.2) is 0 Å².